The number of amides is 2. The SMILES string of the molecule is NC(=O)c1ccsc1NC(=O)COC(=O)c1ccccc1C(=O)c1ccc(Cl)cc1. The lowest BCUT2D eigenvalue weighted by atomic mass is 9.98. The van der Waals surface area contributed by atoms with E-state index in [1.807, 2.05) is 0 Å². The Morgan fingerprint density at radius 3 is 2.27 bits per heavy atom. The summed E-state index contributed by atoms with van der Waals surface area (Å²) in [5.74, 6) is -2.54. The topological polar surface area (TPSA) is 116 Å². The summed E-state index contributed by atoms with van der Waals surface area (Å²) in [6.45, 7) is -0.599. The van der Waals surface area contributed by atoms with Crippen molar-refractivity contribution in [3.63, 3.8) is 0 Å². The number of carbonyl (C=O) groups excluding carboxylic acids is 4. The van der Waals surface area contributed by atoms with Crippen LogP contribution >= 0.6 is 22.9 Å². The van der Waals surface area contributed by atoms with Crippen LogP contribution in [-0.4, -0.2) is 30.2 Å². The van der Waals surface area contributed by atoms with Gasteiger partial charge in [0, 0.05) is 16.1 Å². The van der Waals surface area contributed by atoms with Crippen molar-refractivity contribution in [1.29, 1.82) is 0 Å². The molecule has 2 amide bonds. The van der Waals surface area contributed by atoms with E-state index in [4.69, 9.17) is 22.1 Å². The molecule has 0 aliphatic carbocycles. The molecule has 3 N–H and O–H groups in total. The molecule has 3 rings (SSSR count). The number of esters is 1. The van der Waals surface area contributed by atoms with E-state index in [0.29, 0.717) is 10.6 Å². The van der Waals surface area contributed by atoms with Crippen molar-refractivity contribution in [2.45, 2.75) is 0 Å². The minimum Gasteiger partial charge on any atom is -0.452 e. The molecule has 0 saturated heterocycles. The largest absolute Gasteiger partial charge is 0.452 e. The van der Waals surface area contributed by atoms with Crippen LogP contribution in [0.3, 0.4) is 0 Å². The van der Waals surface area contributed by atoms with E-state index in [0.717, 1.165) is 11.3 Å². The van der Waals surface area contributed by atoms with Crippen molar-refractivity contribution in [2.24, 2.45) is 5.73 Å². The monoisotopic (exact) mass is 442 g/mol. The molecule has 30 heavy (non-hydrogen) atoms. The fourth-order valence-electron chi connectivity index (χ4n) is 2.59. The predicted molar refractivity (Wildman–Crippen MR) is 113 cm³/mol. The zero-order valence-electron chi connectivity index (χ0n) is 15.4. The fourth-order valence-corrected chi connectivity index (χ4v) is 3.52. The molecule has 0 fully saturated rings. The van der Waals surface area contributed by atoms with Gasteiger partial charge in [0.2, 0.25) is 0 Å². The van der Waals surface area contributed by atoms with Crippen LogP contribution in [0.1, 0.15) is 36.6 Å². The molecule has 0 saturated carbocycles. The first-order valence-corrected chi connectivity index (χ1v) is 9.86. The number of thiophene rings is 1. The number of ketones is 1. The molecule has 2 aromatic carbocycles. The van der Waals surface area contributed by atoms with Gasteiger partial charge in [-0.05, 0) is 41.8 Å². The van der Waals surface area contributed by atoms with Crippen LogP contribution in [0.15, 0.2) is 60.0 Å². The quantitative estimate of drug-likeness (QED) is 0.429. The maximum absolute atomic E-state index is 12.8. The van der Waals surface area contributed by atoms with Crippen molar-refractivity contribution in [3.8, 4) is 0 Å². The molecule has 0 spiro atoms. The van der Waals surface area contributed by atoms with Gasteiger partial charge in [-0.2, -0.15) is 0 Å². The van der Waals surface area contributed by atoms with Crippen molar-refractivity contribution >= 4 is 51.5 Å². The zero-order valence-corrected chi connectivity index (χ0v) is 17.0. The average Bonchev–Trinajstić information content (AvgIpc) is 3.20. The second kappa shape index (κ2) is 9.34. The summed E-state index contributed by atoms with van der Waals surface area (Å²) in [5, 5.41) is 4.81. The molecular formula is C21H15ClN2O5S. The van der Waals surface area contributed by atoms with Crippen LogP contribution in [0, 0.1) is 0 Å². The Balaban J connectivity index is 1.69. The number of nitrogens with one attached hydrogen (secondary N) is 1. The second-order valence-corrected chi connectivity index (χ2v) is 7.39. The van der Waals surface area contributed by atoms with Crippen molar-refractivity contribution in [1.82, 2.24) is 0 Å². The Kier molecular flexibility index (Phi) is 6.61. The molecule has 0 bridgehead atoms. The lowest BCUT2D eigenvalue weighted by Crippen LogP contribution is -2.23. The summed E-state index contributed by atoms with van der Waals surface area (Å²) < 4.78 is 5.05. The third-order valence-electron chi connectivity index (χ3n) is 4.02. The lowest BCUT2D eigenvalue weighted by Gasteiger charge is -2.09. The van der Waals surface area contributed by atoms with Gasteiger partial charge >= 0.3 is 5.97 Å². The van der Waals surface area contributed by atoms with Gasteiger partial charge in [0.25, 0.3) is 11.8 Å². The number of hydrogen-bond acceptors (Lipinski definition) is 6. The molecule has 0 unspecified atom stereocenters. The van der Waals surface area contributed by atoms with Gasteiger partial charge in [0.15, 0.2) is 12.4 Å². The highest BCUT2D eigenvalue weighted by Crippen LogP contribution is 2.22. The highest BCUT2D eigenvalue weighted by molar-refractivity contribution is 7.14. The first kappa shape index (κ1) is 21.2. The van der Waals surface area contributed by atoms with Crippen molar-refractivity contribution in [3.05, 3.63) is 87.3 Å². The number of halogens is 1. The maximum atomic E-state index is 12.8. The molecule has 1 aromatic heterocycles. The van der Waals surface area contributed by atoms with E-state index in [2.05, 4.69) is 5.32 Å². The summed E-state index contributed by atoms with van der Waals surface area (Å²) in [6.07, 6.45) is 0. The van der Waals surface area contributed by atoms with Crippen LogP contribution in [0.25, 0.3) is 0 Å². The third-order valence-corrected chi connectivity index (χ3v) is 5.10. The molecular weight excluding hydrogens is 428 g/mol. The smallest absolute Gasteiger partial charge is 0.339 e. The Labute approximate surface area is 180 Å². The molecule has 1 heterocycles. The van der Waals surface area contributed by atoms with Crippen LogP contribution in [-0.2, 0) is 9.53 Å². The molecule has 0 aliphatic rings. The van der Waals surface area contributed by atoms with E-state index in [-0.39, 0.29) is 27.5 Å². The molecule has 0 aliphatic heterocycles. The molecule has 7 nitrogen and oxygen atoms in total. The zero-order chi connectivity index (χ0) is 21.7. The number of ether oxygens (including phenoxy) is 1. The highest BCUT2D eigenvalue weighted by Gasteiger charge is 2.20. The van der Waals surface area contributed by atoms with Gasteiger partial charge in [-0.15, -0.1) is 11.3 Å². The first-order valence-electron chi connectivity index (χ1n) is 8.60. The standard InChI is InChI=1S/C21H15ClN2O5S/c22-13-7-5-12(6-8-13)18(26)14-3-1-2-4-15(14)21(28)29-11-17(25)24-20-16(19(23)27)9-10-30-20/h1-10H,11H2,(H2,23,27)(H,24,25). The van der Waals surface area contributed by atoms with Crippen LogP contribution in [0.2, 0.25) is 5.02 Å². The average molecular weight is 443 g/mol. The maximum Gasteiger partial charge on any atom is 0.339 e. The van der Waals surface area contributed by atoms with Crippen molar-refractivity contribution in [2.75, 3.05) is 11.9 Å². The highest BCUT2D eigenvalue weighted by atomic mass is 35.5. The summed E-state index contributed by atoms with van der Waals surface area (Å²) in [5.41, 5.74) is 5.91. The number of rotatable bonds is 7. The fraction of sp³-hybridized carbons (Fsp3) is 0.0476. The Morgan fingerprint density at radius 2 is 1.60 bits per heavy atom. The number of hydrogen-bond donors (Lipinski definition) is 2. The number of benzene rings is 2. The number of nitrogens with two attached hydrogens (primary N) is 1. The normalized spacial score (nSPS) is 10.3. The van der Waals surface area contributed by atoms with Gasteiger partial charge in [-0.3, -0.25) is 14.4 Å². The van der Waals surface area contributed by atoms with Crippen LogP contribution < -0.4 is 11.1 Å². The lowest BCUT2D eigenvalue weighted by molar-refractivity contribution is -0.119. The van der Waals surface area contributed by atoms with E-state index in [9.17, 15) is 19.2 Å². The molecule has 9 heteroatoms. The minimum atomic E-state index is -0.829. The summed E-state index contributed by atoms with van der Waals surface area (Å²) in [4.78, 5) is 48.6. The van der Waals surface area contributed by atoms with Gasteiger partial charge in [-0.25, -0.2) is 4.79 Å². The van der Waals surface area contributed by atoms with Gasteiger partial charge < -0.3 is 15.8 Å². The van der Waals surface area contributed by atoms with Crippen LogP contribution in [0.5, 0.6) is 0 Å². The Bertz CT molecular complexity index is 1120. The molecule has 152 valence electrons. The van der Waals surface area contributed by atoms with E-state index < -0.39 is 24.4 Å². The van der Waals surface area contributed by atoms with Gasteiger partial charge in [-0.1, -0.05) is 29.8 Å². The van der Waals surface area contributed by atoms with E-state index in [1.165, 1.54) is 18.2 Å². The Morgan fingerprint density at radius 1 is 0.933 bits per heavy atom. The minimum absolute atomic E-state index is 0.0270. The molecule has 0 radical (unpaired) electrons. The van der Waals surface area contributed by atoms with Gasteiger partial charge in [0.1, 0.15) is 5.00 Å². The third kappa shape index (κ3) is 4.91. The first-order chi connectivity index (χ1) is 14.4. The molecule has 0 atom stereocenters. The van der Waals surface area contributed by atoms with E-state index >= 15 is 0 Å². The molecule has 3 aromatic rings. The number of carbonyl (C=O) groups is 4. The van der Waals surface area contributed by atoms with Crippen LogP contribution in [0.4, 0.5) is 5.00 Å². The summed E-state index contributed by atoms with van der Waals surface area (Å²) in [6, 6.07) is 13.9. The summed E-state index contributed by atoms with van der Waals surface area (Å²) in [7, 11) is 0. The van der Waals surface area contributed by atoms with Gasteiger partial charge in [0.05, 0.1) is 11.1 Å². The Hall–Kier alpha value is -3.49. The second-order valence-electron chi connectivity index (χ2n) is 6.03. The summed E-state index contributed by atoms with van der Waals surface area (Å²) >= 11 is 6.96. The number of primary amides is 1. The number of anilines is 1. The van der Waals surface area contributed by atoms with E-state index in [1.54, 1.807) is 41.8 Å². The predicted octanol–water partition coefficient (Wildman–Crippen LogP) is 3.53. The van der Waals surface area contributed by atoms with Crippen molar-refractivity contribution < 1.29 is 23.9 Å².